The quantitative estimate of drug-likeness (QED) is 0.265. The van der Waals surface area contributed by atoms with Crippen LogP contribution < -0.4 is 14.7 Å². The Hall–Kier alpha value is -4.21. The fourth-order valence-electron chi connectivity index (χ4n) is 6.02. The zero-order valence-corrected chi connectivity index (χ0v) is 24.8. The molecular weight excluding hydrogens is 647 g/mol. The van der Waals surface area contributed by atoms with E-state index in [1.54, 1.807) is 13.0 Å². The zero-order valence-electron chi connectivity index (χ0n) is 24.8. The summed E-state index contributed by atoms with van der Waals surface area (Å²) in [6, 6.07) is 4.83. The lowest BCUT2D eigenvalue weighted by Gasteiger charge is -2.44. The molecule has 16 heteroatoms. The molecule has 2 aliphatic rings. The number of carboxylic acid groups (broad SMARTS) is 1. The lowest BCUT2D eigenvalue weighted by Crippen LogP contribution is -2.47. The van der Waals surface area contributed by atoms with E-state index in [1.165, 1.54) is 17.2 Å². The predicted molar refractivity (Wildman–Crippen MR) is 153 cm³/mol. The molecule has 47 heavy (non-hydrogen) atoms. The fourth-order valence-corrected chi connectivity index (χ4v) is 6.02. The number of aromatic nitrogens is 1. The van der Waals surface area contributed by atoms with Crippen molar-refractivity contribution < 1.29 is 54.2 Å². The predicted octanol–water partition coefficient (Wildman–Crippen LogP) is 8.39. The standard InChI is InChI=1S/C31H29F9N4O3/c1-2-22-15-26(24-14-19(29(32,33)34)3-5-25(24)44(22)28(45)46)43(27-6-4-23(16-41-27)42-7-9-47-10-8-42)17-18-11-20(30(35,36)37)13-21(12-18)31(38,39)40/h3-6,11-14,16,22,26H,2,7-10,15,17H2,1H3,(H,45,46)/t22-,26+/m1/s1. The maximum absolute atomic E-state index is 13.9. The van der Waals surface area contributed by atoms with Gasteiger partial charge in [-0.3, -0.25) is 4.90 Å². The van der Waals surface area contributed by atoms with E-state index in [-0.39, 0.29) is 36.0 Å². The molecule has 0 spiro atoms. The number of alkyl halides is 9. The summed E-state index contributed by atoms with van der Waals surface area (Å²) in [7, 11) is 0. The third kappa shape index (κ3) is 7.36. The van der Waals surface area contributed by atoms with Crippen LogP contribution in [0, 0.1) is 0 Å². The third-order valence-electron chi connectivity index (χ3n) is 8.29. The molecule has 2 aliphatic heterocycles. The summed E-state index contributed by atoms with van der Waals surface area (Å²) in [4.78, 5) is 21.0. The fraction of sp³-hybridized carbons (Fsp3) is 0.419. The molecule has 3 aromatic rings. The molecular formula is C31H29F9N4O3. The second kappa shape index (κ2) is 12.8. The molecule has 1 amide bonds. The Balaban J connectivity index is 1.69. The van der Waals surface area contributed by atoms with Crippen molar-refractivity contribution in [2.75, 3.05) is 41.0 Å². The number of amides is 1. The lowest BCUT2D eigenvalue weighted by molar-refractivity contribution is -0.143. The van der Waals surface area contributed by atoms with E-state index in [9.17, 15) is 49.4 Å². The molecule has 254 valence electrons. The van der Waals surface area contributed by atoms with Crippen LogP contribution in [0.15, 0.2) is 54.7 Å². The van der Waals surface area contributed by atoms with E-state index in [0.29, 0.717) is 44.1 Å². The van der Waals surface area contributed by atoms with Crippen molar-refractivity contribution in [3.8, 4) is 0 Å². The van der Waals surface area contributed by atoms with Gasteiger partial charge < -0.3 is 19.6 Å². The number of pyridine rings is 1. The summed E-state index contributed by atoms with van der Waals surface area (Å²) in [5, 5.41) is 10.0. The highest BCUT2D eigenvalue weighted by Crippen LogP contribution is 2.46. The molecule has 2 aromatic carbocycles. The van der Waals surface area contributed by atoms with Crippen molar-refractivity contribution in [1.29, 1.82) is 0 Å². The van der Waals surface area contributed by atoms with Gasteiger partial charge in [0.25, 0.3) is 0 Å². The van der Waals surface area contributed by atoms with Gasteiger partial charge in [0.1, 0.15) is 5.82 Å². The summed E-state index contributed by atoms with van der Waals surface area (Å²) in [6.07, 6.45) is -15.0. The number of ether oxygens (including phenoxy) is 1. The molecule has 1 aromatic heterocycles. The number of morpholine rings is 1. The van der Waals surface area contributed by atoms with Crippen LogP contribution in [0.5, 0.6) is 0 Å². The van der Waals surface area contributed by atoms with Gasteiger partial charge in [-0.2, -0.15) is 39.5 Å². The molecule has 0 radical (unpaired) electrons. The van der Waals surface area contributed by atoms with E-state index in [4.69, 9.17) is 4.74 Å². The number of carbonyl (C=O) groups is 1. The molecule has 1 N–H and O–H groups in total. The van der Waals surface area contributed by atoms with E-state index in [1.807, 2.05) is 4.90 Å². The van der Waals surface area contributed by atoms with Gasteiger partial charge in [0.05, 0.1) is 53.5 Å². The SMILES string of the molecule is CC[C@@H]1C[C@H](N(Cc2cc(C(F)(F)F)cc(C(F)(F)F)c2)c2ccc(N3CCOCC3)cn2)c2cc(C(F)(F)F)ccc2N1C(=O)O. The molecule has 3 heterocycles. The first-order valence-corrected chi connectivity index (χ1v) is 14.5. The number of nitrogens with zero attached hydrogens (tertiary/aromatic N) is 4. The summed E-state index contributed by atoms with van der Waals surface area (Å²) >= 11 is 0. The topological polar surface area (TPSA) is 69.1 Å². The van der Waals surface area contributed by atoms with Crippen molar-refractivity contribution in [2.24, 2.45) is 0 Å². The maximum Gasteiger partial charge on any atom is 0.416 e. The molecule has 1 fully saturated rings. The number of hydrogen-bond acceptors (Lipinski definition) is 5. The van der Waals surface area contributed by atoms with Gasteiger partial charge in [-0.15, -0.1) is 0 Å². The Kier molecular flexibility index (Phi) is 9.27. The average Bonchev–Trinajstić information content (AvgIpc) is 3.01. The van der Waals surface area contributed by atoms with Gasteiger partial charge in [0, 0.05) is 25.7 Å². The van der Waals surface area contributed by atoms with Gasteiger partial charge in [0.15, 0.2) is 0 Å². The minimum atomic E-state index is -5.13. The Morgan fingerprint density at radius 1 is 0.894 bits per heavy atom. The molecule has 2 atom stereocenters. The highest BCUT2D eigenvalue weighted by atomic mass is 19.4. The van der Waals surface area contributed by atoms with Crippen molar-refractivity contribution in [1.82, 2.24) is 4.98 Å². The second-order valence-electron chi connectivity index (χ2n) is 11.3. The third-order valence-corrected chi connectivity index (χ3v) is 8.29. The Morgan fingerprint density at radius 2 is 1.51 bits per heavy atom. The van der Waals surface area contributed by atoms with Crippen LogP contribution in [-0.4, -0.2) is 48.5 Å². The van der Waals surface area contributed by atoms with Crippen LogP contribution in [0.25, 0.3) is 0 Å². The second-order valence-corrected chi connectivity index (χ2v) is 11.3. The Morgan fingerprint density at radius 3 is 2.02 bits per heavy atom. The molecule has 0 aliphatic carbocycles. The lowest BCUT2D eigenvalue weighted by atomic mass is 9.87. The van der Waals surface area contributed by atoms with E-state index < -0.39 is 65.5 Å². The molecule has 0 bridgehead atoms. The van der Waals surface area contributed by atoms with Crippen LogP contribution >= 0.6 is 0 Å². The number of rotatable bonds is 6. The first kappa shape index (κ1) is 34.1. The largest absolute Gasteiger partial charge is 0.465 e. The van der Waals surface area contributed by atoms with Crippen LogP contribution in [-0.2, 0) is 29.8 Å². The van der Waals surface area contributed by atoms with Crippen molar-refractivity contribution in [3.05, 3.63) is 82.5 Å². The molecule has 7 nitrogen and oxygen atoms in total. The van der Waals surface area contributed by atoms with Crippen LogP contribution in [0.3, 0.4) is 0 Å². The van der Waals surface area contributed by atoms with Crippen molar-refractivity contribution in [2.45, 2.75) is 56.9 Å². The maximum atomic E-state index is 13.9. The van der Waals surface area contributed by atoms with Gasteiger partial charge in [-0.25, -0.2) is 9.78 Å². The number of hydrogen-bond donors (Lipinski definition) is 1. The Labute approximate surface area is 263 Å². The molecule has 0 saturated carbocycles. The van der Waals surface area contributed by atoms with Gasteiger partial charge in [0.2, 0.25) is 0 Å². The summed E-state index contributed by atoms with van der Waals surface area (Å²) < 4.78 is 130. The summed E-state index contributed by atoms with van der Waals surface area (Å²) in [6.45, 7) is 3.01. The minimum absolute atomic E-state index is 0.00736. The molecule has 5 rings (SSSR count). The van der Waals surface area contributed by atoms with Crippen LogP contribution in [0.4, 0.5) is 61.5 Å². The summed E-state index contributed by atoms with van der Waals surface area (Å²) in [5.74, 6) is 0.0555. The van der Waals surface area contributed by atoms with Crippen molar-refractivity contribution >= 4 is 23.3 Å². The van der Waals surface area contributed by atoms with E-state index >= 15 is 0 Å². The average molecular weight is 677 g/mol. The number of benzene rings is 2. The number of fused-ring (bicyclic) bond motifs is 1. The van der Waals surface area contributed by atoms with Crippen LogP contribution in [0.1, 0.15) is 53.6 Å². The highest BCUT2D eigenvalue weighted by Gasteiger charge is 2.42. The molecule has 1 saturated heterocycles. The van der Waals surface area contributed by atoms with Crippen molar-refractivity contribution in [3.63, 3.8) is 0 Å². The molecule has 0 unspecified atom stereocenters. The van der Waals surface area contributed by atoms with Crippen LogP contribution in [0.2, 0.25) is 0 Å². The first-order valence-electron chi connectivity index (χ1n) is 14.5. The van der Waals surface area contributed by atoms with Gasteiger partial charge in [-0.1, -0.05) is 6.92 Å². The number of halogens is 9. The Bertz CT molecular complexity index is 1550. The van der Waals surface area contributed by atoms with Gasteiger partial charge >= 0.3 is 24.6 Å². The summed E-state index contributed by atoms with van der Waals surface area (Å²) in [5.41, 5.74) is -4.17. The zero-order chi connectivity index (χ0) is 34.3. The smallest absolute Gasteiger partial charge is 0.416 e. The van der Waals surface area contributed by atoms with E-state index in [0.717, 1.165) is 23.1 Å². The minimum Gasteiger partial charge on any atom is -0.465 e. The van der Waals surface area contributed by atoms with E-state index in [2.05, 4.69) is 4.98 Å². The highest BCUT2D eigenvalue weighted by molar-refractivity contribution is 5.89. The monoisotopic (exact) mass is 676 g/mol. The number of anilines is 3. The first-order chi connectivity index (χ1) is 22.0. The van der Waals surface area contributed by atoms with Gasteiger partial charge in [-0.05, 0) is 72.5 Å². The normalized spacial score (nSPS) is 19.0.